The number of nitriles is 1. The Morgan fingerprint density at radius 2 is 1.88 bits per heavy atom. The molecule has 1 saturated heterocycles. The molecule has 3 rings (SSSR count). The summed E-state index contributed by atoms with van der Waals surface area (Å²) < 4.78 is 0. The van der Waals surface area contributed by atoms with Crippen LogP contribution in [0.2, 0.25) is 10.0 Å². The van der Waals surface area contributed by atoms with Crippen molar-refractivity contribution in [3.63, 3.8) is 0 Å². The fourth-order valence-corrected chi connectivity index (χ4v) is 3.47. The number of anilines is 1. The van der Waals surface area contributed by atoms with Crippen molar-refractivity contribution < 1.29 is 9.90 Å². The molecule has 1 aliphatic rings. The standard InChI is InChI=1S/C18H16Cl2N4O2/c19-13-9-14(20)17(18(25)26)22-15(13)11-23-5-7-24(8-6-23)16-4-2-1-3-12(16)10-21/h1-4,9H,5-8,11H2,(H,25,26). The van der Waals surface area contributed by atoms with Gasteiger partial charge in [-0.25, -0.2) is 9.78 Å². The van der Waals surface area contributed by atoms with Crippen molar-refractivity contribution in [3.8, 4) is 6.07 Å². The second-order valence-electron chi connectivity index (χ2n) is 5.94. The summed E-state index contributed by atoms with van der Waals surface area (Å²) in [4.78, 5) is 19.6. The quantitative estimate of drug-likeness (QED) is 0.862. The third-order valence-corrected chi connectivity index (χ3v) is 4.93. The average molecular weight is 391 g/mol. The Balaban J connectivity index is 1.69. The molecule has 6 nitrogen and oxygen atoms in total. The van der Waals surface area contributed by atoms with Gasteiger partial charge in [0.25, 0.3) is 0 Å². The van der Waals surface area contributed by atoms with Gasteiger partial charge < -0.3 is 10.0 Å². The van der Waals surface area contributed by atoms with E-state index in [1.54, 1.807) is 0 Å². The van der Waals surface area contributed by atoms with E-state index in [9.17, 15) is 10.1 Å². The van der Waals surface area contributed by atoms with Crippen molar-refractivity contribution in [2.45, 2.75) is 6.54 Å². The maximum absolute atomic E-state index is 11.2. The predicted octanol–water partition coefficient (Wildman–Crippen LogP) is 3.28. The monoisotopic (exact) mass is 390 g/mol. The van der Waals surface area contributed by atoms with Crippen molar-refractivity contribution in [1.82, 2.24) is 9.88 Å². The number of rotatable bonds is 4. The maximum atomic E-state index is 11.2. The molecule has 26 heavy (non-hydrogen) atoms. The molecule has 0 unspecified atom stereocenters. The Bertz CT molecular complexity index is 874. The zero-order valence-electron chi connectivity index (χ0n) is 13.8. The summed E-state index contributed by atoms with van der Waals surface area (Å²) in [7, 11) is 0. The lowest BCUT2D eigenvalue weighted by Gasteiger charge is -2.36. The molecule has 1 aromatic carbocycles. The number of carboxylic acids is 1. The van der Waals surface area contributed by atoms with E-state index in [-0.39, 0.29) is 10.7 Å². The van der Waals surface area contributed by atoms with Crippen molar-refractivity contribution >= 4 is 34.9 Å². The third-order valence-electron chi connectivity index (χ3n) is 4.32. The molecule has 1 aliphatic heterocycles. The number of nitrogens with zero attached hydrogens (tertiary/aromatic N) is 4. The van der Waals surface area contributed by atoms with Crippen LogP contribution in [0.4, 0.5) is 5.69 Å². The zero-order valence-corrected chi connectivity index (χ0v) is 15.3. The van der Waals surface area contributed by atoms with Gasteiger partial charge in [0.15, 0.2) is 5.69 Å². The van der Waals surface area contributed by atoms with Gasteiger partial charge in [-0.05, 0) is 18.2 Å². The molecule has 1 N–H and O–H groups in total. The zero-order chi connectivity index (χ0) is 18.7. The van der Waals surface area contributed by atoms with E-state index in [0.717, 1.165) is 31.9 Å². The summed E-state index contributed by atoms with van der Waals surface area (Å²) in [6.07, 6.45) is 0. The number of para-hydroxylation sites is 1. The molecule has 134 valence electrons. The van der Waals surface area contributed by atoms with Crippen molar-refractivity contribution in [1.29, 1.82) is 5.26 Å². The first-order valence-corrected chi connectivity index (χ1v) is 8.80. The first kappa shape index (κ1) is 18.5. The molecular formula is C18H16Cl2N4O2. The van der Waals surface area contributed by atoms with E-state index in [0.29, 0.717) is 22.8 Å². The number of halogens is 2. The van der Waals surface area contributed by atoms with Crippen LogP contribution in [-0.4, -0.2) is 47.1 Å². The lowest BCUT2D eigenvalue weighted by Crippen LogP contribution is -2.46. The molecular weight excluding hydrogens is 375 g/mol. The number of aromatic nitrogens is 1. The molecule has 8 heteroatoms. The Morgan fingerprint density at radius 3 is 2.54 bits per heavy atom. The lowest BCUT2D eigenvalue weighted by molar-refractivity contribution is 0.0690. The van der Waals surface area contributed by atoms with E-state index in [2.05, 4.69) is 20.9 Å². The van der Waals surface area contributed by atoms with Crippen LogP contribution in [0.1, 0.15) is 21.7 Å². The number of carboxylic acid groups (broad SMARTS) is 1. The minimum absolute atomic E-state index is 0.0316. The fourth-order valence-electron chi connectivity index (χ4n) is 2.97. The van der Waals surface area contributed by atoms with Crippen molar-refractivity contribution in [2.24, 2.45) is 0 Å². The van der Waals surface area contributed by atoms with Crippen LogP contribution in [-0.2, 0) is 6.54 Å². The van der Waals surface area contributed by atoms with Gasteiger partial charge in [-0.2, -0.15) is 5.26 Å². The normalized spacial score (nSPS) is 14.9. The van der Waals surface area contributed by atoms with Crippen LogP contribution in [0, 0.1) is 11.3 Å². The molecule has 0 saturated carbocycles. The van der Waals surface area contributed by atoms with Gasteiger partial charge in [0.2, 0.25) is 0 Å². The molecule has 0 bridgehead atoms. The lowest BCUT2D eigenvalue weighted by atomic mass is 10.1. The molecule has 0 atom stereocenters. The van der Waals surface area contributed by atoms with Gasteiger partial charge in [0.1, 0.15) is 6.07 Å². The van der Waals surface area contributed by atoms with E-state index < -0.39 is 5.97 Å². The number of pyridine rings is 1. The maximum Gasteiger partial charge on any atom is 0.356 e. The number of hydrogen-bond acceptors (Lipinski definition) is 5. The van der Waals surface area contributed by atoms with Crippen LogP contribution in [0.3, 0.4) is 0 Å². The van der Waals surface area contributed by atoms with Gasteiger partial charge in [-0.1, -0.05) is 35.3 Å². The SMILES string of the molecule is N#Cc1ccccc1N1CCN(Cc2nc(C(=O)O)c(Cl)cc2Cl)CC1. The van der Waals surface area contributed by atoms with Gasteiger partial charge in [0.05, 0.1) is 27.0 Å². The van der Waals surface area contributed by atoms with Crippen LogP contribution in [0.25, 0.3) is 0 Å². The first-order valence-electron chi connectivity index (χ1n) is 8.04. The van der Waals surface area contributed by atoms with Gasteiger partial charge in [-0.3, -0.25) is 4.90 Å². The largest absolute Gasteiger partial charge is 0.476 e. The summed E-state index contributed by atoms with van der Waals surface area (Å²) >= 11 is 12.1. The molecule has 0 spiro atoms. The highest BCUT2D eigenvalue weighted by molar-refractivity contribution is 6.36. The van der Waals surface area contributed by atoms with E-state index >= 15 is 0 Å². The highest BCUT2D eigenvalue weighted by Gasteiger charge is 2.22. The van der Waals surface area contributed by atoms with Gasteiger partial charge >= 0.3 is 5.97 Å². The Hall–Kier alpha value is -2.33. The fraction of sp³-hybridized carbons (Fsp3) is 0.278. The Kier molecular flexibility index (Phi) is 5.62. The molecule has 2 aromatic rings. The Labute approximate surface area is 161 Å². The predicted molar refractivity (Wildman–Crippen MR) is 99.9 cm³/mol. The number of benzene rings is 1. The molecule has 2 heterocycles. The topological polar surface area (TPSA) is 80.5 Å². The van der Waals surface area contributed by atoms with E-state index in [1.807, 2.05) is 24.3 Å². The molecule has 0 aliphatic carbocycles. The summed E-state index contributed by atoms with van der Waals surface area (Å²) in [5.74, 6) is -1.18. The third kappa shape index (κ3) is 3.91. The van der Waals surface area contributed by atoms with Crippen LogP contribution >= 0.6 is 23.2 Å². The van der Waals surface area contributed by atoms with Crippen LogP contribution < -0.4 is 4.90 Å². The minimum Gasteiger partial charge on any atom is -0.476 e. The average Bonchev–Trinajstić information content (AvgIpc) is 2.64. The molecule has 0 radical (unpaired) electrons. The second-order valence-corrected chi connectivity index (χ2v) is 6.76. The van der Waals surface area contributed by atoms with Crippen molar-refractivity contribution in [3.05, 3.63) is 57.3 Å². The van der Waals surface area contributed by atoms with Crippen molar-refractivity contribution in [2.75, 3.05) is 31.1 Å². The summed E-state index contributed by atoms with van der Waals surface area (Å²) in [6.45, 7) is 3.47. The highest BCUT2D eigenvalue weighted by atomic mass is 35.5. The highest BCUT2D eigenvalue weighted by Crippen LogP contribution is 2.25. The van der Waals surface area contributed by atoms with Gasteiger partial charge in [-0.15, -0.1) is 0 Å². The summed E-state index contributed by atoms with van der Waals surface area (Å²) in [5, 5.41) is 18.8. The minimum atomic E-state index is -1.18. The number of aromatic carboxylic acids is 1. The molecule has 0 amide bonds. The second kappa shape index (κ2) is 7.92. The van der Waals surface area contributed by atoms with E-state index in [4.69, 9.17) is 28.3 Å². The Morgan fingerprint density at radius 1 is 1.19 bits per heavy atom. The summed E-state index contributed by atoms with van der Waals surface area (Å²) in [6, 6.07) is 11.2. The van der Waals surface area contributed by atoms with Crippen LogP contribution in [0.5, 0.6) is 0 Å². The number of piperazine rings is 1. The molecule has 1 fully saturated rings. The van der Waals surface area contributed by atoms with Crippen LogP contribution in [0.15, 0.2) is 30.3 Å². The smallest absolute Gasteiger partial charge is 0.356 e. The van der Waals surface area contributed by atoms with Gasteiger partial charge in [0, 0.05) is 32.7 Å². The molecule has 1 aromatic heterocycles. The number of carbonyl (C=O) groups is 1. The number of hydrogen-bond donors (Lipinski definition) is 1. The summed E-state index contributed by atoms with van der Waals surface area (Å²) in [5.41, 5.74) is 1.91. The first-order chi connectivity index (χ1) is 12.5. The van der Waals surface area contributed by atoms with E-state index in [1.165, 1.54) is 6.07 Å².